The van der Waals surface area contributed by atoms with E-state index in [4.69, 9.17) is 11.6 Å². The number of anilines is 1. The normalized spacial score (nSPS) is 16.7. The van der Waals surface area contributed by atoms with Crippen LogP contribution in [-0.2, 0) is 15.7 Å². The zero-order valence-electron chi connectivity index (χ0n) is 11.9. The van der Waals surface area contributed by atoms with Crippen molar-refractivity contribution < 1.29 is 22.7 Å². The monoisotopic (exact) mass is 337 g/mol. The SMILES string of the molecule is COC(=O)CN1CCN(c2ncc(C(F)(F)F)cc2Cl)CC1. The van der Waals surface area contributed by atoms with Crippen molar-refractivity contribution in [1.82, 2.24) is 9.88 Å². The first kappa shape index (κ1) is 16.8. The summed E-state index contributed by atoms with van der Waals surface area (Å²) in [5, 5.41) is -0.0313. The molecule has 0 spiro atoms. The number of hydrogen-bond acceptors (Lipinski definition) is 5. The van der Waals surface area contributed by atoms with Gasteiger partial charge >= 0.3 is 12.1 Å². The number of methoxy groups -OCH3 is 1. The molecule has 0 aliphatic carbocycles. The van der Waals surface area contributed by atoms with E-state index in [1.54, 1.807) is 4.90 Å². The van der Waals surface area contributed by atoms with E-state index < -0.39 is 11.7 Å². The molecule has 1 fully saturated rings. The van der Waals surface area contributed by atoms with Gasteiger partial charge in [-0.25, -0.2) is 4.98 Å². The molecule has 1 aromatic heterocycles. The van der Waals surface area contributed by atoms with Crippen LogP contribution in [0.25, 0.3) is 0 Å². The van der Waals surface area contributed by atoms with Gasteiger partial charge in [0.1, 0.15) is 5.82 Å². The molecule has 0 radical (unpaired) electrons. The molecule has 2 rings (SSSR count). The second-order valence-corrected chi connectivity index (χ2v) is 5.27. The summed E-state index contributed by atoms with van der Waals surface area (Å²) in [6, 6.07) is 0.880. The average Bonchev–Trinajstić information content (AvgIpc) is 2.47. The highest BCUT2D eigenvalue weighted by atomic mass is 35.5. The summed E-state index contributed by atoms with van der Waals surface area (Å²) in [7, 11) is 1.32. The molecule has 1 aliphatic rings. The summed E-state index contributed by atoms with van der Waals surface area (Å²) in [5.41, 5.74) is -0.870. The number of piperazine rings is 1. The molecule has 1 aromatic rings. The minimum atomic E-state index is -4.46. The van der Waals surface area contributed by atoms with Gasteiger partial charge in [-0.15, -0.1) is 0 Å². The molecule has 1 aliphatic heterocycles. The maximum absolute atomic E-state index is 12.6. The molecule has 0 saturated carbocycles. The molecule has 5 nitrogen and oxygen atoms in total. The summed E-state index contributed by atoms with van der Waals surface area (Å²) in [6.45, 7) is 2.39. The summed E-state index contributed by atoms with van der Waals surface area (Å²) >= 11 is 5.92. The van der Waals surface area contributed by atoms with Crippen molar-refractivity contribution in [2.45, 2.75) is 6.18 Å². The second kappa shape index (κ2) is 6.70. The number of nitrogens with zero attached hydrogens (tertiary/aromatic N) is 3. The highest BCUT2D eigenvalue weighted by Crippen LogP contribution is 2.33. The quantitative estimate of drug-likeness (QED) is 0.790. The molecule has 22 heavy (non-hydrogen) atoms. The Bertz CT molecular complexity index is 546. The Kier molecular flexibility index (Phi) is 5.12. The molecule has 0 bridgehead atoms. The molecule has 0 unspecified atom stereocenters. The average molecular weight is 338 g/mol. The van der Waals surface area contributed by atoms with Gasteiger partial charge in [0, 0.05) is 32.4 Å². The Labute approximate surface area is 130 Å². The zero-order valence-corrected chi connectivity index (χ0v) is 12.6. The molecular formula is C13H15ClF3N3O2. The van der Waals surface area contributed by atoms with Crippen molar-refractivity contribution in [2.75, 3.05) is 44.7 Å². The van der Waals surface area contributed by atoms with Crippen LogP contribution in [-0.4, -0.2) is 55.7 Å². The number of alkyl halides is 3. The number of ether oxygens (including phenoxy) is 1. The minimum absolute atomic E-state index is 0.0313. The molecule has 0 aromatic carbocycles. The lowest BCUT2D eigenvalue weighted by molar-refractivity contribution is -0.142. The highest BCUT2D eigenvalue weighted by Gasteiger charge is 2.32. The van der Waals surface area contributed by atoms with E-state index in [2.05, 4.69) is 9.72 Å². The highest BCUT2D eigenvalue weighted by molar-refractivity contribution is 6.33. The third-order valence-corrected chi connectivity index (χ3v) is 3.68. The van der Waals surface area contributed by atoms with Gasteiger partial charge in [-0.05, 0) is 6.07 Å². The fraction of sp³-hybridized carbons (Fsp3) is 0.538. The van der Waals surface area contributed by atoms with E-state index in [0.717, 1.165) is 12.3 Å². The number of pyridine rings is 1. The fourth-order valence-electron chi connectivity index (χ4n) is 2.18. The van der Waals surface area contributed by atoms with Gasteiger partial charge in [-0.3, -0.25) is 9.69 Å². The largest absolute Gasteiger partial charge is 0.468 e. The van der Waals surface area contributed by atoms with Gasteiger partial charge < -0.3 is 9.64 Å². The van der Waals surface area contributed by atoms with E-state index in [9.17, 15) is 18.0 Å². The first-order chi connectivity index (χ1) is 10.3. The van der Waals surface area contributed by atoms with Gasteiger partial charge in [0.25, 0.3) is 0 Å². The number of rotatable bonds is 3. The first-order valence-electron chi connectivity index (χ1n) is 6.58. The molecule has 0 N–H and O–H groups in total. The molecule has 0 atom stereocenters. The predicted molar refractivity (Wildman–Crippen MR) is 74.9 cm³/mol. The van der Waals surface area contributed by atoms with Crippen molar-refractivity contribution in [3.63, 3.8) is 0 Å². The van der Waals surface area contributed by atoms with Crippen LogP contribution in [0.2, 0.25) is 5.02 Å². The second-order valence-electron chi connectivity index (χ2n) is 4.87. The van der Waals surface area contributed by atoms with E-state index in [1.165, 1.54) is 7.11 Å². The van der Waals surface area contributed by atoms with Gasteiger partial charge in [0.2, 0.25) is 0 Å². The maximum Gasteiger partial charge on any atom is 0.417 e. The van der Waals surface area contributed by atoms with Crippen LogP contribution in [0.3, 0.4) is 0 Å². The third kappa shape index (κ3) is 4.01. The van der Waals surface area contributed by atoms with Crippen LogP contribution >= 0.6 is 11.6 Å². The summed E-state index contributed by atoms with van der Waals surface area (Å²) in [5.74, 6) is 0.00604. The molecule has 9 heteroatoms. The van der Waals surface area contributed by atoms with Gasteiger partial charge in [0.05, 0.1) is 24.2 Å². The number of carbonyl (C=O) groups excluding carboxylic acids is 1. The Balaban J connectivity index is 2.01. The molecule has 1 saturated heterocycles. The Morgan fingerprint density at radius 1 is 1.36 bits per heavy atom. The van der Waals surface area contributed by atoms with E-state index in [0.29, 0.717) is 32.0 Å². The van der Waals surface area contributed by atoms with E-state index >= 15 is 0 Å². The summed E-state index contributed by atoms with van der Waals surface area (Å²) in [6.07, 6.45) is -3.68. The van der Waals surface area contributed by atoms with Crippen molar-refractivity contribution in [3.8, 4) is 0 Å². The lowest BCUT2D eigenvalue weighted by atomic mass is 10.2. The minimum Gasteiger partial charge on any atom is -0.468 e. The smallest absolute Gasteiger partial charge is 0.417 e. The van der Waals surface area contributed by atoms with Crippen molar-refractivity contribution in [1.29, 1.82) is 0 Å². The topological polar surface area (TPSA) is 45.7 Å². The van der Waals surface area contributed by atoms with E-state index in [1.807, 2.05) is 4.90 Å². The van der Waals surface area contributed by atoms with Crippen LogP contribution in [0.15, 0.2) is 12.3 Å². The predicted octanol–water partition coefficient (Wildman–Crippen LogP) is 2.05. The Hall–Kier alpha value is -1.54. The molecular weight excluding hydrogens is 323 g/mol. The zero-order chi connectivity index (χ0) is 16.3. The number of hydrogen-bond donors (Lipinski definition) is 0. The molecule has 122 valence electrons. The van der Waals surface area contributed by atoms with Gasteiger partial charge in [-0.1, -0.05) is 11.6 Å². The lowest BCUT2D eigenvalue weighted by Gasteiger charge is -2.35. The number of halogens is 4. The fourth-order valence-corrected chi connectivity index (χ4v) is 2.47. The Morgan fingerprint density at radius 3 is 2.50 bits per heavy atom. The van der Waals surface area contributed by atoms with Gasteiger partial charge in [0.15, 0.2) is 0 Å². The Morgan fingerprint density at radius 2 is 2.00 bits per heavy atom. The number of aromatic nitrogens is 1. The lowest BCUT2D eigenvalue weighted by Crippen LogP contribution is -2.48. The summed E-state index contributed by atoms with van der Waals surface area (Å²) in [4.78, 5) is 18.7. The van der Waals surface area contributed by atoms with Crippen molar-refractivity contribution >= 4 is 23.4 Å². The number of carbonyl (C=O) groups is 1. The standard InChI is InChI=1S/C13H15ClF3N3O2/c1-22-11(21)8-19-2-4-20(5-3-19)12-10(14)6-9(7-18-12)13(15,16)17/h6-7H,2-5,8H2,1H3. The van der Waals surface area contributed by atoms with E-state index in [-0.39, 0.29) is 17.5 Å². The summed E-state index contributed by atoms with van der Waals surface area (Å²) < 4.78 is 42.4. The van der Waals surface area contributed by atoms with Crippen LogP contribution in [0.5, 0.6) is 0 Å². The van der Waals surface area contributed by atoms with Crippen molar-refractivity contribution in [2.24, 2.45) is 0 Å². The molecule has 0 amide bonds. The van der Waals surface area contributed by atoms with Crippen LogP contribution in [0.4, 0.5) is 19.0 Å². The number of esters is 1. The molecule has 2 heterocycles. The van der Waals surface area contributed by atoms with Crippen molar-refractivity contribution in [3.05, 3.63) is 22.8 Å². The van der Waals surface area contributed by atoms with Crippen LogP contribution in [0, 0.1) is 0 Å². The third-order valence-electron chi connectivity index (χ3n) is 3.40. The van der Waals surface area contributed by atoms with Gasteiger partial charge in [-0.2, -0.15) is 13.2 Å². The first-order valence-corrected chi connectivity index (χ1v) is 6.96. The van der Waals surface area contributed by atoms with Crippen LogP contribution < -0.4 is 4.90 Å². The maximum atomic E-state index is 12.6. The van der Waals surface area contributed by atoms with Crippen LogP contribution in [0.1, 0.15) is 5.56 Å².